The number of rotatable bonds is 5. The number of benzene rings is 2. The Morgan fingerprint density at radius 2 is 1.87 bits per heavy atom. The Kier molecular flexibility index (Phi) is 5.32. The predicted molar refractivity (Wildman–Crippen MR) is 126 cm³/mol. The number of nitrogens with zero attached hydrogens (tertiary/aromatic N) is 2. The topological polar surface area (TPSA) is 51.4 Å². The molecule has 5 rings (SSSR count). The Hall–Kier alpha value is -2.63. The lowest BCUT2D eigenvalue weighted by molar-refractivity contribution is 0.0966. The molecule has 1 atom stereocenters. The molecule has 3 heterocycles. The van der Waals surface area contributed by atoms with E-state index in [0.717, 1.165) is 34.4 Å². The Morgan fingerprint density at radius 1 is 1.06 bits per heavy atom. The molecule has 5 nitrogen and oxygen atoms in total. The molecule has 2 aromatic carbocycles. The number of fused-ring (bicyclic) bond motifs is 2. The molecule has 3 aromatic rings. The van der Waals surface area contributed by atoms with Crippen LogP contribution in [0.25, 0.3) is 22.2 Å². The number of aromatic nitrogens is 1. The van der Waals surface area contributed by atoms with Gasteiger partial charge in [0.2, 0.25) is 0 Å². The monoisotopic (exact) mass is 416 g/mol. The van der Waals surface area contributed by atoms with Gasteiger partial charge in [0, 0.05) is 41.3 Å². The summed E-state index contributed by atoms with van der Waals surface area (Å²) in [5.74, 6) is 0.0264. The molecule has 1 aromatic heterocycles. The highest BCUT2D eigenvalue weighted by Crippen LogP contribution is 2.35. The number of carbonyl (C=O) groups is 1. The zero-order valence-electron chi connectivity index (χ0n) is 18.8. The van der Waals surface area contributed by atoms with Crippen molar-refractivity contribution in [1.82, 2.24) is 20.1 Å². The molecule has 1 amide bonds. The number of piperidine rings is 1. The van der Waals surface area contributed by atoms with Crippen LogP contribution in [0.1, 0.15) is 59.3 Å². The van der Waals surface area contributed by atoms with E-state index >= 15 is 0 Å². The zero-order chi connectivity index (χ0) is 21.5. The van der Waals surface area contributed by atoms with Crippen LogP contribution in [-0.4, -0.2) is 47.9 Å². The van der Waals surface area contributed by atoms with Crippen molar-refractivity contribution in [2.24, 2.45) is 0 Å². The molecule has 0 saturated carbocycles. The van der Waals surface area contributed by atoms with Crippen molar-refractivity contribution in [3.8, 4) is 11.3 Å². The average Bonchev–Trinajstić information content (AvgIpc) is 3.36. The van der Waals surface area contributed by atoms with Crippen LogP contribution in [0.4, 0.5) is 0 Å². The van der Waals surface area contributed by atoms with E-state index in [1.807, 2.05) is 0 Å². The molecule has 1 saturated heterocycles. The van der Waals surface area contributed by atoms with Gasteiger partial charge in [-0.2, -0.15) is 0 Å². The van der Waals surface area contributed by atoms with Gasteiger partial charge in [0.25, 0.3) is 5.91 Å². The third-order valence-corrected chi connectivity index (χ3v) is 7.00. The Labute approximate surface area is 184 Å². The summed E-state index contributed by atoms with van der Waals surface area (Å²) in [5.41, 5.74) is 7.65. The van der Waals surface area contributed by atoms with Gasteiger partial charge in [0.15, 0.2) is 0 Å². The first-order valence-corrected chi connectivity index (χ1v) is 11.5. The molecule has 162 valence electrons. The van der Waals surface area contributed by atoms with E-state index in [1.165, 1.54) is 48.9 Å². The summed E-state index contributed by atoms with van der Waals surface area (Å²) in [6.45, 7) is 6.23. The van der Waals surface area contributed by atoms with E-state index < -0.39 is 0 Å². The summed E-state index contributed by atoms with van der Waals surface area (Å²) >= 11 is 0. The van der Waals surface area contributed by atoms with Crippen LogP contribution in [0.15, 0.2) is 36.4 Å². The van der Waals surface area contributed by atoms with Crippen LogP contribution in [0.2, 0.25) is 0 Å². The molecule has 1 fully saturated rings. The molecule has 0 aliphatic carbocycles. The van der Waals surface area contributed by atoms with E-state index in [9.17, 15) is 4.79 Å². The highest BCUT2D eigenvalue weighted by Gasteiger charge is 2.26. The molecule has 0 radical (unpaired) electrons. The second-order valence-electron chi connectivity index (χ2n) is 9.37. The van der Waals surface area contributed by atoms with E-state index in [1.54, 1.807) is 0 Å². The number of H-pyrrole nitrogens is 1. The van der Waals surface area contributed by atoms with Gasteiger partial charge in [-0.1, -0.05) is 18.6 Å². The van der Waals surface area contributed by atoms with Crippen LogP contribution < -0.4 is 5.32 Å². The van der Waals surface area contributed by atoms with Gasteiger partial charge in [0.05, 0.1) is 5.56 Å². The number of carbonyl (C=O) groups excluding carboxylic acids is 1. The highest BCUT2D eigenvalue weighted by atomic mass is 16.1. The molecule has 2 aliphatic heterocycles. The van der Waals surface area contributed by atoms with Gasteiger partial charge in [-0.15, -0.1) is 0 Å². The maximum absolute atomic E-state index is 12.6. The van der Waals surface area contributed by atoms with Crippen molar-refractivity contribution in [2.75, 3.05) is 27.2 Å². The SMILES string of the molecule is CC(c1cc2c(c(-c3cc4cc(CN5CCCCC5)ccc4[nH]3)c1)C(=O)NC2)N(C)C. The first-order valence-electron chi connectivity index (χ1n) is 11.5. The molecule has 0 spiro atoms. The molecular weight excluding hydrogens is 384 g/mol. The summed E-state index contributed by atoms with van der Waals surface area (Å²) in [6.07, 6.45) is 3.98. The summed E-state index contributed by atoms with van der Waals surface area (Å²) in [6, 6.07) is 13.6. The summed E-state index contributed by atoms with van der Waals surface area (Å²) in [7, 11) is 4.18. The maximum atomic E-state index is 12.6. The molecule has 2 N–H and O–H groups in total. The minimum Gasteiger partial charge on any atom is -0.355 e. The zero-order valence-corrected chi connectivity index (χ0v) is 18.8. The molecule has 2 aliphatic rings. The first kappa shape index (κ1) is 20.3. The number of nitrogens with one attached hydrogen (secondary N) is 2. The minimum absolute atomic E-state index is 0.0264. The molecule has 31 heavy (non-hydrogen) atoms. The van der Waals surface area contributed by atoms with Crippen LogP contribution in [0.3, 0.4) is 0 Å². The van der Waals surface area contributed by atoms with E-state index in [4.69, 9.17) is 0 Å². The molecule has 1 unspecified atom stereocenters. The largest absolute Gasteiger partial charge is 0.355 e. The van der Waals surface area contributed by atoms with Crippen LogP contribution >= 0.6 is 0 Å². The third kappa shape index (κ3) is 3.88. The minimum atomic E-state index is 0.0264. The standard InChI is InChI=1S/C26H32N4O/c1-17(29(2)3)19-12-21-15-27-26(31)25(21)22(13-19)24-14-20-11-18(7-8-23(20)28-24)16-30-9-5-4-6-10-30/h7-8,11-14,17,28H,4-6,9-10,15-16H2,1-3H3,(H,27,31). The molecular formula is C26H32N4O. The van der Waals surface area contributed by atoms with Crippen molar-refractivity contribution in [2.45, 2.75) is 45.3 Å². The number of aromatic amines is 1. The fourth-order valence-corrected chi connectivity index (χ4v) is 4.95. The number of amides is 1. The first-order chi connectivity index (χ1) is 15.0. The van der Waals surface area contributed by atoms with Crippen molar-refractivity contribution in [1.29, 1.82) is 0 Å². The van der Waals surface area contributed by atoms with Gasteiger partial charge < -0.3 is 15.2 Å². The lowest BCUT2D eigenvalue weighted by atomic mass is 9.94. The molecule has 0 bridgehead atoms. The van der Waals surface area contributed by atoms with Gasteiger partial charge in [-0.25, -0.2) is 0 Å². The van der Waals surface area contributed by atoms with Gasteiger partial charge in [-0.05, 0) is 87.9 Å². The number of likely N-dealkylation sites (tertiary alicyclic amines) is 1. The number of hydrogen-bond donors (Lipinski definition) is 2. The second-order valence-corrected chi connectivity index (χ2v) is 9.37. The predicted octanol–water partition coefficient (Wildman–Crippen LogP) is 4.69. The third-order valence-electron chi connectivity index (χ3n) is 7.00. The summed E-state index contributed by atoms with van der Waals surface area (Å²) < 4.78 is 0. The quantitative estimate of drug-likeness (QED) is 0.635. The van der Waals surface area contributed by atoms with E-state index in [-0.39, 0.29) is 11.9 Å². The fraction of sp³-hybridized carbons (Fsp3) is 0.423. The summed E-state index contributed by atoms with van der Waals surface area (Å²) in [5, 5.41) is 4.22. The lowest BCUT2D eigenvalue weighted by Crippen LogP contribution is -2.28. The Bertz CT molecular complexity index is 1120. The van der Waals surface area contributed by atoms with Gasteiger partial charge >= 0.3 is 0 Å². The Balaban J connectivity index is 1.53. The smallest absolute Gasteiger partial charge is 0.252 e. The maximum Gasteiger partial charge on any atom is 0.252 e. The summed E-state index contributed by atoms with van der Waals surface area (Å²) in [4.78, 5) is 21.0. The van der Waals surface area contributed by atoms with Crippen molar-refractivity contribution in [3.63, 3.8) is 0 Å². The average molecular weight is 417 g/mol. The van der Waals surface area contributed by atoms with Gasteiger partial charge in [-0.3, -0.25) is 9.69 Å². The second kappa shape index (κ2) is 8.13. The van der Waals surface area contributed by atoms with Crippen LogP contribution in [0.5, 0.6) is 0 Å². The Morgan fingerprint density at radius 3 is 2.65 bits per heavy atom. The number of hydrogen-bond acceptors (Lipinski definition) is 3. The lowest BCUT2D eigenvalue weighted by Gasteiger charge is -2.26. The van der Waals surface area contributed by atoms with E-state index in [2.05, 4.69) is 77.5 Å². The fourth-order valence-electron chi connectivity index (χ4n) is 4.95. The van der Waals surface area contributed by atoms with Crippen molar-refractivity contribution >= 4 is 16.8 Å². The normalized spacial score (nSPS) is 17.9. The van der Waals surface area contributed by atoms with Crippen molar-refractivity contribution < 1.29 is 4.79 Å². The van der Waals surface area contributed by atoms with Crippen LogP contribution in [0, 0.1) is 0 Å². The van der Waals surface area contributed by atoms with Crippen molar-refractivity contribution in [3.05, 3.63) is 58.7 Å². The highest BCUT2D eigenvalue weighted by molar-refractivity contribution is 6.05. The molecule has 5 heteroatoms. The van der Waals surface area contributed by atoms with Crippen LogP contribution in [-0.2, 0) is 13.1 Å². The van der Waals surface area contributed by atoms with Gasteiger partial charge in [0.1, 0.15) is 0 Å². The van der Waals surface area contributed by atoms with E-state index in [0.29, 0.717) is 6.54 Å².